The van der Waals surface area contributed by atoms with Crippen molar-refractivity contribution >= 4 is 53.1 Å². The van der Waals surface area contributed by atoms with E-state index in [1.165, 1.54) is 23.5 Å². The van der Waals surface area contributed by atoms with Crippen LogP contribution in [-0.4, -0.2) is 89.3 Å². The van der Waals surface area contributed by atoms with E-state index in [0.717, 1.165) is 0 Å². The van der Waals surface area contributed by atoms with E-state index in [9.17, 15) is 24.3 Å². The lowest BCUT2D eigenvalue weighted by Crippen LogP contribution is -2.65. The predicted molar refractivity (Wildman–Crippen MR) is 141 cm³/mol. The van der Waals surface area contributed by atoms with Crippen LogP contribution in [0, 0.1) is 5.41 Å². The van der Waals surface area contributed by atoms with Crippen molar-refractivity contribution in [2.45, 2.75) is 68.9 Å². The van der Waals surface area contributed by atoms with Gasteiger partial charge < -0.3 is 26.8 Å². The molecule has 1 saturated heterocycles. The maximum Gasteiger partial charge on any atom is 0.326 e. The Bertz CT molecular complexity index is 852. The fourth-order valence-electron chi connectivity index (χ4n) is 3.57. The zero-order valence-corrected chi connectivity index (χ0v) is 22.0. The van der Waals surface area contributed by atoms with Gasteiger partial charge in [-0.2, -0.15) is 23.5 Å². The monoisotopic (exact) mass is 535 g/mol. The number of nitrogens with two attached hydrogens (primary N) is 1. The van der Waals surface area contributed by atoms with Crippen molar-refractivity contribution in [1.82, 2.24) is 21.3 Å². The normalized spacial score (nSPS) is 21.9. The minimum absolute atomic E-state index is 0.0439. The minimum atomic E-state index is -2.71. The van der Waals surface area contributed by atoms with Gasteiger partial charge >= 0.3 is 5.97 Å². The van der Waals surface area contributed by atoms with Gasteiger partial charge in [0.2, 0.25) is 11.8 Å². The van der Waals surface area contributed by atoms with E-state index in [-0.39, 0.29) is 42.8 Å². The molecule has 200 valence electrons. The van der Waals surface area contributed by atoms with Gasteiger partial charge in [0.15, 0.2) is 18.7 Å². The van der Waals surface area contributed by atoms with Crippen LogP contribution in [0.3, 0.4) is 0 Å². The van der Waals surface area contributed by atoms with Gasteiger partial charge in [-0.25, -0.2) is 4.79 Å². The molecule has 0 aromatic rings. The van der Waals surface area contributed by atoms with Crippen molar-refractivity contribution in [1.29, 1.82) is 5.41 Å². The molecule has 0 bridgehead atoms. The quantitative estimate of drug-likeness (QED) is 0.0556. The van der Waals surface area contributed by atoms with Gasteiger partial charge in [-0.1, -0.05) is 6.42 Å². The number of ketones is 1. The summed E-state index contributed by atoms with van der Waals surface area (Å²) in [6, 6.07) is -3.96. The first-order valence-corrected chi connectivity index (χ1v) is 14.3. The molecule has 1 rings (SSSR count). The molecule has 11 nitrogen and oxygen atoms in total. The Labute approximate surface area is 220 Å². The minimum Gasteiger partial charge on any atom is -0.480 e. The van der Waals surface area contributed by atoms with Crippen LogP contribution < -0.4 is 27.0 Å². The number of rotatable bonds is 18. The third-order valence-electron chi connectivity index (χ3n) is 5.45. The summed E-state index contributed by atoms with van der Waals surface area (Å²) < 4.78 is 26.0. The number of amides is 2. The predicted octanol–water partition coefficient (Wildman–Crippen LogP) is 0.282. The molecule has 13 heteroatoms. The highest BCUT2D eigenvalue weighted by molar-refractivity contribution is 7.98. The third-order valence-corrected chi connectivity index (χ3v) is 6.59. The van der Waals surface area contributed by atoms with E-state index in [1.807, 2.05) is 0 Å². The van der Waals surface area contributed by atoms with Crippen molar-refractivity contribution in [2.24, 2.45) is 5.73 Å². The van der Waals surface area contributed by atoms with E-state index in [2.05, 4.69) is 16.0 Å². The average Bonchev–Trinajstić information content (AvgIpc) is 3.37. The van der Waals surface area contributed by atoms with Gasteiger partial charge in [0.1, 0.15) is 6.04 Å². The lowest BCUT2D eigenvalue weighted by Gasteiger charge is -2.32. The zero-order chi connectivity index (χ0) is 28.9. The number of carboxylic acids is 1. The second-order valence-electron chi connectivity index (χ2n) is 8.11. The van der Waals surface area contributed by atoms with Gasteiger partial charge in [0, 0.05) is 14.3 Å². The van der Waals surface area contributed by atoms with Gasteiger partial charge in [-0.15, -0.1) is 0 Å². The number of hydrogen-bond donors (Lipinski definition) is 7. The van der Waals surface area contributed by atoms with Crippen LogP contribution in [0.1, 0.15) is 54.1 Å². The Morgan fingerprint density at radius 3 is 2.54 bits per heavy atom. The Kier molecular flexibility index (Phi) is 12.4. The van der Waals surface area contributed by atoms with Crippen LogP contribution in [0.4, 0.5) is 0 Å². The number of Topliss-reactive ketones (excluding diaryl/α,β-unsaturated/α-hetero) is 1. The number of guanidine groups is 1. The summed E-state index contributed by atoms with van der Waals surface area (Å²) in [5.74, 6) is -3.89. The second-order valence-corrected chi connectivity index (χ2v) is 10.0. The standard InChI is InChI=1S/C22H40N6O5S2/c1-34-13-8-15(27-17(29)7-4-3-5-11-25-21(23)24)18(30)22(10-6-12-26-22)20(33)28-16(19(31)32)9-14-35-2/h15-16,26H,3-14H2,1-2H3,(H,27,29)(H,28,33)(H,31,32)(H4,23,24,25)/t15-,16-,22+/m0/s1/i8D,15D/hD/t8?,15-,16-,22+. The van der Waals surface area contributed by atoms with E-state index in [4.69, 9.17) is 15.3 Å². The molecular formula is C22H40N6O5S2. The van der Waals surface area contributed by atoms with Gasteiger partial charge in [-0.3, -0.25) is 25.1 Å². The fourth-order valence-corrected chi connectivity index (χ4v) is 4.37. The summed E-state index contributed by atoms with van der Waals surface area (Å²) in [6.45, 7) is 0.679. The average molecular weight is 536 g/mol. The summed E-state index contributed by atoms with van der Waals surface area (Å²) in [5.41, 5.74) is 3.18. The highest BCUT2D eigenvalue weighted by Crippen LogP contribution is 2.24. The smallest absolute Gasteiger partial charge is 0.326 e. The zero-order valence-electron chi connectivity index (χ0n) is 23.4. The lowest BCUT2D eigenvalue weighted by atomic mass is 9.85. The van der Waals surface area contributed by atoms with Gasteiger partial charge in [0.25, 0.3) is 0 Å². The number of nitrogens with one attached hydrogen (secondary N) is 5. The summed E-state index contributed by atoms with van der Waals surface area (Å²) in [4.78, 5) is 52.0. The summed E-state index contributed by atoms with van der Waals surface area (Å²) in [5, 5.41) is 24.8. The second kappa shape index (κ2) is 16.6. The first kappa shape index (κ1) is 26.1. The molecule has 1 aliphatic heterocycles. The van der Waals surface area contributed by atoms with E-state index < -0.39 is 47.6 Å². The van der Waals surface area contributed by atoms with Crippen LogP contribution in [0.5, 0.6) is 0 Å². The number of carbonyl (C=O) groups excluding carboxylic acids is 3. The molecule has 0 aromatic heterocycles. The SMILES string of the molecule is [2H]C(CSC)[C@@]([2H])(C(=O)[C@@]1(C(=O)N[C@@H](CCSC)C(=O)O)CCCN1)N([2H])C(=O)CCCCCNC(=N)N. The molecule has 1 heterocycles. The van der Waals surface area contributed by atoms with Crippen LogP contribution in [0.15, 0.2) is 0 Å². The number of aliphatic carboxylic acids is 1. The highest BCUT2D eigenvalue weighted by atomic mass is 32.2. The van der Waals surface area contributed by atoms with Crippen molar-refractivity contribution in [3.8, 4) is 0 Å². The summed E-state index contributed by atoms with van der Waals surface area (Å²) >= 11 is 2.57. The molecule has 1 fully saturated rings. The Balaban J connectivity index is 3.18. The maximum absolute atomic E-state index is 14.0. The van der Waals surface area contributed by atoms with Crippen molar-refractivity contribution in [2.75, 3.05) is 37.1 Å². The molecule has 1 aliphatic rings. The van der Waals surface area contributed by atoms with Crippen LogP contribution in [0.25, 0.3) is 0 Å². The number of hydrogen-bond acceptors (Lipinski definition) is 8. The lowest BCUT2D eigenvalue weighted by molar-refractivity contribution is -0.145. The van der Waals surface area contributed by atoms with E-state index in [0.29, 0.717) is 38.0 Å². The van der Waals surface area contributed by atoms with Gasteiger partial charge in [0.05, 0.1) is 7.39 Å². The molecule has 0 aromatic carbocycles. The highest BCUT2D eigenvalue weighted by Gasteiger charge is 2.51. The summed E-state index contributed by atoms with van der Waals surface area (Å²) in [6.07, 6.45) is 3.75. The van der Waals surface area contributed by atoms with Crippen molar-refractivity contribution in [3.63, 3.8) is 0 Å². The summed E-state index contributed by atoms with van der Waals surface area (Å²) in [7, 11) is 0. The first-order valence-electron chi connectivity index (χ1n) is 13.0. The molecule has 0 saturated carbocycles. The molecular weight excluding hydrogens is 492 g/mol. The molecule has 1 unspecified atom stereocenters. The Morgan fingerprint density at radius 1 is 1.26 bits per heavy atom. The van der Waals surface area contributed by atoms with Crippen LogP contribution >= 0.6 is 23.5 Å². The molecule has 0 radical (unpaired) electrons. The van der Waals surface area contributed by atoms with E-state index >= 15 is 0 Å². The number of carbonyl (C=O) groups is 4. The van der Waals surface area contributed by atoms with Crippen LogP contribution in [0.2, 0.25) is 1.41 Å². The first-order chi connectivity index (χ1) is 17.9. The molecule has 0 aliphatic carbocycles. The van der Waals surface area contributed by atoms with Crippen LogP contribution in [-0.2, 0) is 19.2 Å². The molecule has 8 N–H and O–H groups in total. The van der Waals surface area contributed by atoms with Crippen molar-refractivity contribution in [3.05, 3.63) is 0 Å². The van der Waals surface area contributed by atoms with Gasteiger partial charge in [-0.05, 0) is 69.1 Å². The molecule has 2 amide bonds. The molecule has 0 spiro atoms. The number of carboxylic acid groups (broad SMARTS) is 1. The Hall–Kier alpha value is -1.99. The fraction of sp³-hybridized carbons (Fsp3) is 0.773. The third kappa shape index (κ3) is 10.7. The number of thioether (sulfide) groups is 2. The molecule has 4 atom stereocenters. The largest absolute Gasteiger partial charge is 0.480 e. The Morgan fingerprint density at radius 2 is 1.97 bits per heavy atom. The maximum atomic E-state index is 14.0. The molecule has 35 heavy (non-hydrogen) atoms. The number of unbranched alkanes of at least 4 members (excludes halogenated alkanes) is 2. The van der Waals surface area contributed by atoms with Crippen molar-refractivity contribution < 1.29 is 28.4 Å². The topological polar surface area (TPSA) is 186 Å². The van der Waals surface area contributed by atoms with E-state index in [1.54, 1.807) is 12.5 Å².